The summed E-state index contributed by atoms with van der Waals surface area (Å²) in [4.78, 5) is 17.6. The third-order valence-corrected chi connectivity index (χ3v) is 7.34. The first kappa shape index (κ1) is 25.9. The molecule has 39 heavy (non-hydrogen) atoms. The molecule has 0 saturated carbocycles. The number of rotatable bonds is 7. The second-order valence-corrected chi connectivity index (χ2v) is 10.9. The van der Waals surface area contributed by atoms with Gasteiger partial charge in [-0.2, -0.15) is 0 Å². The first-order valence-electron chi connectivity index (χ1n) is 12.0. The Balaban J connectivity index is 1.45. The van der Waals surface area contributed by atoms with Crippen LogP contribution in [0, 0.1) is 5.82 Å². The highest BCUT2D eigenvalue weighted by molar-refractivity contribution is 7.90. The van der Waals surface area contributed by atoms with Crippen LogP contribution >= 0.6 is 0 Å². The summed E-state index contributed by atoms with van der Waals surface area (Å²) < 4.78 is 45.7. The van der Waals surface area contributed by atoms with E-state index in [4.69, 9.17) is 10.5 Å². The zero-order valence-corrected chi connectivity index (χ0v) is 21.7. The largest absolute Gasteiger partial charge is 0.476 e. The number of nitrogens with one attached hydrogen (secondary N) is 1. The minimum atomic E-state index is -3.53. The molecule has 0 fully saturated rings. The number of anilines is 2. The lowest BCUT2D eigenvalue weighted by molar-refractivity contribution is -0.123. The van der Waals surface area contributed by atoms with E-state index in [9.17, 15) is 13.2 Å². The minimum Gasteiger partial charge on any atom is -0.476 e. The van der Waals surface area contributed by atoms with Gasteiger partial charge in [0.2, 0.25) is 6.10 Å². The molecule has 0 aliphatic rings. The van der Waals surface area contributed by atoms with Crippen molar-refractivity contribution in [1.29, 1.82) is 0 Å². The van der Waals surface area contributed by atoms with E-state index in [1.54, 1.807) is 66.9 Å². The predicted octanol–water partition coefficient (Wildman–Crippen LogP) is 5.79. The van der Waals surface area contributed by atoms with Crippen molar-refractivity contribution in [3.63, 3.8) is 0 Å². The molecular formula is C30H24FN3O4S. The molecule has 0 aliphatic carbocycles. The average molecular weight is 542 g/mol. The fourth-order valence-corrected chi connectivity index (χ4v) is 5.20. The Labute approximate surface area is 225 Å². The Morgan fingerprint density at radius 2 is 1.69 bits per heavy atom. The van der Waals surface area contributed by atoms with E-state index in [1.165, 1.54) is 18.2 Å². The van der Waals surface area contributed by atoms with Crippen LogP contribution in [0.15, 0.2) is 108 Å². The monoisotopic (exact) mass is 541 g/mol. The maximum absolute atomic E-state index is 15.2. The average Bonchev–Trinajstić information content (AvgIpc) is 2.93. The Bertz CT molecular complexity index is 1790. The van der Waals surface area contributed by atoms with Gasteiger partial charge in [-0.25, -0.2) is 17.8 Å². The number of hydrogen-bond donors (Lipinski definition) is 2. The Morgan fingerprint density at radius 1 is 0.949 bits per heavy atom. The van der Waals surface area contributed by atoms with E-state index in [0.29, 0.717) is 33.6 Å². The number of carbonyl (C=O) groups excluding carboxylic acids is 1. The van der Waals surface area contributed by atoms with Crippen LogP contribution in [0.4, 0.5) is 15.9 Å². The van der Waals surface area contributed by atoms with Crippen molar-refractivity contribution in [2.24, 2.45) is 0 Å². The van der Waals surface area contributed by atoms with Crippen molar-refractivity contribution in [3.05, 3.63) is 115 Å². The Hall–Kier alpha value is -4.76. The maximum Gasteiger partial charge on any atom is 0.270 e. The van der Waals surface area contributed by atoms with Crippen molar-refractivity contribution >= 4 is 38.0 Å². The van der Waals surface area contributed by atoms with Gasteiger partial charge in [0, 0.05) is 29.0 Å². The number of amides is 1. The van der Waals surface area contributed by atoms with E-state index < -0.39 is 27.7 Å². The molecule has 1 unspecified atom stereocenters. The van der Waals surface area contributed by atoms with Crippen LogP contribution < -0.4 is 15.8 Å². The Morgan fingerprint density at radius 3 is 2.44 bits per heavy atom. The van der Waals surface area contributed by atoms with Crippen molar-refractivity contribution in [3.8, 4) is 16.9 Å². The van der Waals surface area contributed by atoms with Crippen LogP contribution in [0.25, 0.3) is 21.9 Å². The topological polar surface area (TPSA) is 111 Å². The summed E-state index contributed by atoms with van der Waals surface area (Å²) in [6, 6.07) is 26.4. The number of nitrogens with two attached hydrogens (primary N) is 1. The molecule has 1 aromatic heterocycles. The van der Waals surface area contributed by atoms with Gasteiger partial charge in [-0.05, 0) is 47.3 Å². The SMILES string of the molecule is CS(=O)(=O)c1ccccc1-c1ccc(NC(=O)C(Oc2ccc3ccnc(N)c3c2)c2ccccc2)c(F)c1. The maximum atomic E-state index is 15.2. The predicted molar refractivity (Wildman–Crippen MR) is 150 cm³/mol. The molecule has 0 aliphatic heterocycles. The second kappa shape index (κ2) is 10.5. The van der Waals surface area contributed by atoms with Gasteiger partial charge < -0.3 is 15.8 Å². The number of fused-ring (bicyclic) bond motifs is 1. The van der Waals surface area contributed by atoms with Crippen LogP contribution in [-0.4, -0.2) is 25.6 Å². The van der Waals surface area contributed by atoms with E-state index in [-0.39, 0.29) is 10.6 Å². The third-order valence-electron chi connectivity index (χ3n) is 6.19. The van der Waals surface area contributed by atoms with E-state index in [1.807, 2.05) is 18.2 Å². The van der Waals surface area contributed by atoms with Crippen molar-refractivity contribution in [2.45, 2.75) is 11.0 Å². The smallest absolute Gasteiger partial charge is 0.270 e. The van der Waals surface area contributed by atoms with Crippen molar-refractivity contribution in [1.82, 2.24) is 4.98 Å². The molecule has 1 heterocycles. The normalized spacial score (nSPS) is 12.2. The lowest BCUT2D eigenvalue weighted by Crippen LogP contribution is -2.26. The van der Waals surface area contributed by atoms with Crippen LogP contribution in [-0.2, 0) is 14.6 Å². The van der Waals surface area contributed by atoms with E-state index in [0.717, 1.165) is 11.6 Å². The number of sulfone groups is 1. The highest BCUT2D eigenvalue weighted by Gasteiger charge is 2.24. The zero-order chi connectivity index (χ0) is 27.6. The summed E-state index contributed by atoms with van der Waals surface area (Å²) in [7, 11) is -3.53. The standard InChI is InChI=1S/C30H24FN3O4S/c1-39(36,37)27-10-6-5-9-23(27)21-12-14-26(25(31)17-21)34-30(35)28(20-7-3-2-4-8-20)38-22-13-11-19-15-16-33-29(32)24(19)18-22/h2-18,28H,1H3,(H2,32,33)(H,34,35). The molecule has 5 aromatic rings. The fourth-order valence-electron chi connectivity index (χ4n) is 4.29. The molecule has 1 amide bonds. The number of pyridine rings is 1. The summed E-state index contributed by atoms with van der Waals surface area (Å²) in [5, 5.41) is 4.16. The molecule has 1 atom stereocenters. The molecule has 0 bridgehead atoms. The summed E-state index contributed by atoms with van der Waals surface area (Å²) in [5.41, 5.74) is 7.24. The molecule has 3 N–H and O–H groups in total. The molecular weight excluding hydrogens is 517 g/mol. The second-order valence-electron chi connectivity index (χ2n) is 8.94. The van der Waals surface area contributed by atoms with Crippen molar-refractivity contribution in [2.75, 3.05) is 17.3 Å². The number of nitrogen functional groups attached to an aromatic ring is 1. The lowest BCUT2D eigenvalue weighted by atomic mass is 10.0. The van der Waals surface area contributed by atoms with Gasteiger partial charge in [0.15, 0.2) is 9.84 Å². The van der Waals surface area contributed by atoms with Gasteiger partial charge in [0.1, 0.15) is 17.4 Å². The summed E-state index contributed by atoms with van der Waals surface area (Å²) >= 11 is 0. The number of halogens is 1. The number of hydrogen-bond acceptors (Lipinski definition) is 6. The van der Waals surface area contributed by atoms with Gasteiger partial charge in [-0.15, -0.1) is 0 Å². The fraction of sp³-hybridized carbons (Fsp3) is 0.0667. The quantitative estimate of drug-likeness (QED) is 0.270. The van der Waals surface area contributed by atoms with E-state index >= 15 is 4.39 Å². The van der Waals surface area contributed by atoms with Crippen LogP contribution in [0.5, 0.6) is 5.75 Å². The first-order valence-corrected chi connectivity index (χ1v) is 13.9. The van der Waals surface area contributed by atoms with E-state index in [2.05, 4.69) is 10.3 Å². The molecule has 0 spiro atoms. The summed E-state index contributed by atoms with van der Waals surface area (Å²) in [6.45, 7) is 0. The van der Waals surface area contributed by atoms with Crippen LogP contribution in [0.2, 0.25) is 0 Å². The van der Waals surface area contributed by atoms with Gasteiger partial charge >= 0.3 is 0 Å². The van der Waals surface area contributed by atoms with Gasteiger partial charge in [0.25, 0.3) is 5.91 Å². The third kappa shape index (κ3) is 5.58. The van der Waals surface area contributed by atoms with Gasteiger partial charge in [0.05, 0.1) is 10.6 Å². The molecule has 0 radical (unpaired) electrons. The minimum absolute atomic E-state index is 0.0722. The Kier molecular flexibility index (Phi) is 7.00. The lowest BCUT2D eigenvalue weighted by Gasteiger charge is -2.20. The number of carbonyl (C=O) groups is 1. The van der Waals surface area contributed by atoms with Crippen molar-refractivity contribution < 1.29 is 22.3 Å². The molecule has 9 heteroatoms. The zero-order valence-electron chi connectivity index (χ0n) is 20.8. The molecule has 196 valence electrons. The summed E-state index contributed by atoms with van der Waals surface area (Å²) in [6.07, 6.45) is 1.60. The van der Waals surface area contributed by atoms with Crippen LogP contribution in [0.3, 0.4) is 0 Å². The van der Waals surface area contributed by atoms with Gasteiger partial charge in [-0.1, -0.05) is 60.7 Å². The van der Waals surface area contributed by atoms with Crippen LogP contribution in [0.1, 0.15) is 11.7 Å². The number of benzene rings is 4. The number of aromatic nitrogens is 1. The molecule has 0 saturated heterocycles. The number of ether oxygens (including phenoxy) is 1. The summed E-state index contributed by atoms with van der Waals surface area (Å²) in [5.74, 6) is -0.596. The first-order chi connectivity index (χ1) is 18.7. The molecule has 7 nitrogen and oxygen atoms in total. The molecule has 4 aromatic carbocycles. The number of nitrogens with zero attached hydrogens (tertiary/aromatic N) is 1. The van der Waals surface area contributed by atoms with Gasteiger partial charge in [-0.3, -0.25) is 4.79 Å². The highest BCUT2D eigenvalue weighted by atomic mass is 32.2. The molecule has 5 rings (SSSR count). The highest BCUT2D eigenvalue weighted by Crippen LogP contribution is 2.32.